The third-order valence-corrected chi connectivity index (χ3v) is 1.97. The molecule has 1 N–H and O–H groups in total. The van der Waals surface area contributed by atoms with Gasteiger partial charge >= 0.3 is 0 Å². The molecular formula is C8H21NO4S. The number of quaternary nitrogens is 1. The zero-order valence-electron chi connectivity index (χ0n) is 9.37. The quantitative estimate of drug-likeness (QED) is 0.503. The standard InChI is InChI=1S/C7H17N.CH4O4S/c1-4-6-8(3)7-5-2;1-5-6(2,3)4/h4-7H2,1-3H3;1H3,(H,2,3,4). The Hall–Kier alpha value is -0.170. The van der Waals surface area contributed by atoms with E-state index in [0.29, 0.717) is 0 Å². The van der Waals surface area contributed by atoms with Gasteiger partial charge in [0.15, 0.2) is 0 Å². The first-order valence-electron chi connectivity index (χ1n) is 4.70. The Bertz CT molecular complexity index is 197. The number of hydrogen-bond donors (Lipinski definition) is 1. The van der Waals surface area contributed by atoms with E-state index in [1.807, 2.05) is 0 Å². The van der Waals surface area contributed by atoms with E-state index in [-0.39, 0.29) is 0 Å². The van der Waals surface area contributed by atoms with Gasteiger partial charge in [-0.2, -0.15) is 0 Å². The lowest BCUT2D eigenvalue weighted by Gasteiger charge is -2.09. The summed E-state index contributed by atoms with van der Waals surface area (Å²) in [4.78, 5) is 1.66. The van der Waals surface area contributed by atoms with Crippen LogP contribution in [0.25, 0.3) is 0 Å². The van der Waals surface area contributed by atoms with Crippen molar-refractivity contribution in [3.05, 3.63) is 0 Å². The maximum atomic E-state index is 9.22. The van der Waals surface area contributed by atoms with E-state index in [0.717, 1.165) is 7.11 Å². The van der Waals surface area contributed by atoms with Crippen LogP contribution in [-0.4, -0.2) is 40.2 Å². The Labute approximate surface area is 87.0 Å². The zero-order valence-corrected chi connectivity index (χ0v) is 10.2. The van der Waals surface area contributed by atoms with Crippen LogP contribution in [0, 0.1) is 0 Å². The van der Waals surface area contributed by atoms with Crippen molar-refractivity contribution >= 4 is 10.4 Å². The Morgan fingerprint density at radius 1 is 1.21 bits per heavy atom. The molecule has 0 bridgehead atoms. The van der Waals surface area contributed by atoms with Crippen molar-refractivity contribution < 1.29 is 22.1 Å². The first-order chi connectivity index (χ1) is 6.37. The van der Waals surface area contributed by atoms with Gasteiger partial charge in [0, 0.05) is 0 Å². The number of hydrogen-bond acceptors (Lipinski definition) is 4. The Morgan fingerprint density at radius 2 is 1.50 bits per heavy atom. The summed E-state index contributed by atoms with van der Waals surface area (Å²) >= 11 is 0. The minimum atomic E-state index is -4.41. The van der Waals surface area contributed by atoms with Crippen molar-refractivity contribution in [1.29, 1.82) is 0 Å². The maximum Gasteiger partial charge on any atom is 0.217 e. The molecule has 0 unspecified atom stereocenters. The highest BCUT2D eigenvalue weighted by Crippen LogP contribution is 1.74. The molecule has 6 heteroatoms. The van der Waals surface area contributed by atoms with Gasteiger partial charge < -0.3 is 9.45 Å². The second-order valence-corrected chi connectivity index (χ2v) is 4.18. The normalized spacial score (nSPS) is 11.0. The van der Waals surface area contributed by atoms with Gasteiger partial charge in [0.1, 0.15) is 0 Å². The summed E-state index contributed by atoms with van der Waals surface area (Å²) < 4.78 is 31.0. The summed E-state index contributed by atoms with van der Waals surface area (Å²) in [5.74, 6) is 0. The summed E-state index contributed by atoms with van der Waals surface area (Å²) in [5.41, 5.74) is 0. The molecular weight excluding hydrogens is 206 g/mol. The third-order valence-electron chi connectivity index (χ3n) is 1.56. The Kier molecular flexibility index (Phi) is 10.9. The van der Waals surface area contributed by atoms with Gasteiger partial charge in [-0.15, -0.1) is 0 Å². The van der Waals surface area contributed by atoms with E-state index in [9.17, 15) is 13.0 Å². The van der Waals surface area contributed by atoms with Crippen LogP contribution in [0.3, 0.4) is 0 Å². The SMILES string of the molecule is CCC[NH+](C)CCC.COS(=O)(=O)[O-]. The van der Waals surface area contributed by atoms with E-state index in [1.54, 1.807) is 4.90 Å². The predicted octanol–water partition coefficient (Wildman–Crippen LogP) is -0.586. The molecule has 0 amide bonds. The third kappa shape index (κ3) is 17.8. The molecule has 0 saturated heterocycles. The van der Waals surface area contributed by atoms with Crippen molar-refractivity contribution in [2.45, 2.75) is 26.7 Å². The second kappa shape index (κ2) is 9.39. The van der Waals surface area contributed by atoms with Crippen molar-refractivity contribution in [3.63, 3.8) is 0 Å². The summed E-state index contributed by atoms with van der Waals surface area (Å²) in [6.07, 6.45) is 2.62. The molecule has 0 spiro atoms. The van der Waals surface area contributed by atoms with E-state index in [1.165, 1.54) is 25.9 Å². The molecule has 14 heavy (non-hydrogen) atoms. The van der Waals surface area contributed by atoms with Crippen molar-refractivity contribution in [1.82, 2.24) is 0 Å². The fourth-order valence-electron chi connectivity index (χ4n) is 0.979. The van der Waals surface area contributed by atoms with Gasteiger partial charge in [0.25, 0.3) is 0 Å². The Balaban J connectivity index is 0. The van der Waals surface area contributed by atoms with Crippen LogP contribution in [0.15, 0.2) is 0 Å². The fourth-order valence-corrected chi connectivity index (χ4v) is 0.979. The lowest BCUT2D eigenvalue weighted by Crippen LogP contribution is -3.08. The molecule has 0 aliphatic heterocycles. The summed E-state index contributed by atoms with van der Waals surface area (Å²) in [6, 6.07) is 0. The minimum Gasteiger partial charge on any atom is -0.726 e. The smallest absolute Gasteiger partial charge is 0.217 e. The van der Waals surface area contributed by atoms with Crippen molar-refractivity contribution in [2.75, 3.05) is 27.2 Å². The van der Waals surface area contributed by atoms with Crippen molar-refractivity contribution in [2.24, 2.45) is 0 Å². The monoisotopic (exact) mass is 227 g/mol. The largest absolute Gasteiger partial charge is 0.726 e. The van der Waals surface area contributed by atoms with Gasteiger partial charge in [-0.1, -0.05) is 13.8 Å². The average Bonchev–Trinajstić information content (AvgIpc) is 2.05. The average molecular weight is 227 g/mol. The van der Waals surface area contributed by atoms with Crippen LogP contribution >= 0.6 is 0 Å². The lowest BCUT2D eigenvalue weighted by atomic mass is 10.4. The van der Waals surface area contributed by atoms with Gasteiger partial charge in [0.2, 0.25) is 10.4 Å². The predicted molar refractivity (Wildman–Crippen MR) is 53.9 cm³/mol. The number of nitrogens with one attached hydrogen (secondary N) is 1. The van der Waals surface area contributed by atoms with E-state index in [4.69, 9.17) is 0 Å². The fraction of sp³-hybridized carbons (Fsp3) is 1.00. The highest BCUT2D eigenvalue weighted by molar-refractivity contribution is 7.80. The van der Waals surface area contributed by atoms with Crippen LogP contribution in [0.5, 0.6) is 0 Å². The zero-order chi connectivity index (χ0) is 11.6. The molecule has 0 aromatic rings. The summed E-state index contributed by atoms with van der Waals surface area (Å²) in [6.45, 7) is 7.12. The first-order valence-corrected chi connectivity index (χ1v) is 6.03. The molecule has 0 fully saturated rings. The summed E-state index contributed by atoms with van der Waals surface area (Å²) in [7, 11) is -1.35. The molecule has 0 aromatic heterocycles. The van der Waals surface area contributed by atoms with E-state index >= 15 is 0 Å². The van der Waals surface area contributed by atoms with Gasteiger partial charge in [0.05, 0.1) is 27.2 Å². The molecule has 0 heterocycles. The second-order valence-electron chi connectivity index (χ2n) is 3.03. The molecule has 0 saturated carbocycles. The van der Waals surface area contributed by atoms with Crippen molar-refractivity contribution in [3.8, 4) is 0 Å². The molecule has 0 aliphatic rings. The van der Waals surface area contributed by atoms with E-state index < -0.39 is 10.4 Å². The molecule has 88 valence electrons. The topological polar surface area (TPSA) is 70.9 Å². The highest BCUT2D eigenvalue weighted by Gasteiger charge is 1.93. The van der Waals surface area contributed by atoms with Crippen LogP contribution in [0.4, 0.5) is 0 Å². The summed E-state index contributed by atoms with van der Waals surface area (Å²) in [5, 5.41) is 0. The molecule has 5 nitrogen and oxygen atoms in total. The molecule has 0 rings (SSSR count). The minimum absolute atomic E-state index is 0.808. The van der Waals surface area contributed by atoms with Gasteiger partial charge in [-0.25, -0.2) is 8.42 Å². The lowest BCUT2D eigenvalue weighted by molar-refractivity contribution is -0.879. The van der Waals surface area contributed by atoms with Crippen LogP contribution in [0.1, 0.15) is 26.7 Å². The van der Waals surface area contributed by atoms with Gasteiger partial charge in [-0.3, -0.25) is 4.18 Å². The Morgan fingerprint density at radius 3 is 1.64 bits per heavy atom. The highest BCUT2D eigenvalue weighted by atomic mass is 32.3. The van der Waals surface area contributed by atoms with Crippen LogP contribution < -0.4 is 4.90 Å². The molecule has 0 aliphatic carbocycles. The van der Waals surface area contributed by atoms with Crippen LogP contribution in [0.2, 0.25) is 0 Å². The van der Waals surface area contributed by atoms with Crippen LogP contribution in [-0.2, 0) is 14.6 Å². The number of rotatable bonds is 5. The molecule has 0 radical (unpaired) electrons. The maximum absolute atomic E-state index is 9.22. The molecule has 0 aromatic carbocycles. The van der Waals surface area contributed by atoms with E-state index in [2.05, 4.69) is 25.1 Å². The van der Waals surface area contributed by atoms with Gasteiger partial charge in [-0.05, 0) is 12.8 Å². The first kappa shape index (κ1) is 16.3. The molecule has 0 atom stereocenters.